The number of hydrogen-bond acceptors (Lipinski definition) is 21. The van der Waals surface area contributed by atoms with E-state index in [4.69, 9.17) is 126 Å². The average Bonchev–Trinajstić information content (AvgIpc) is 1.69. The summed E-state index contributed by atoms with van der Waals surface area (Å²) in [5.74, 6) is 0.125. The molecule has 6 heterocycles. The normalized spacial score (nSPS) is 16.8. The first kappa shape index (κ1) is 110. The third kappa shape index (κ3) is 32.2. The number of benzene rings is 4. The molecule has 0 radical (unpaired) electrons. The van der Waals surface area contributed by atoms with Gasteiger partial charge >= 0.3 is 53.6 Å². The van der Waals surface area contributed by atoms with E-state index in [-0.39, 0.29) is 108 Å². The van der Waals surface area contributed by atoms with Crippen molar-refractivity contribution in [3.8, 4) is 23.0 Å². The van der Waals surface area contributed by atoms with Crippen molar-refractivity contribution in [1.82, 2.24) is 39.6 Å². The summed E-state index contributed by atoms with van der Waals surface area (Å²) in [6.45, 7) is 29.0. The number of nitrogens with one attached hydrogen (secondary N) is 1. The largest absolute Gasteiger partial charge is 2.00 e. The van der Waals surface area contributed by atoms with Crippen molar-refractivity contribution in [3.63, 3.8) is 0 Å². The number of anilines is 4. The second-order valence-electron chi connectivity index (χ2n) is 28.7. The Bertz CT molecular complexity index is 4350. The smallest absolute Gasteiger partial charge is 1.00 e. The zero-order chi connectivity index (χ0) is 89.0. The molecule has 4 aliphatic heterocycles. The monoisotopic (exact) mass is 1940 g/mol. The van der Waals surface area contributed by atoms with Gasteiger partial charge < -0.3 is 103 Å². The molecular weight excluding hydrogens is 1850 g/mol. The van der Waals surface area contributed by atoms with Crippen molar-refractivity contribution in [2.24, 2.45) is 0 Å². The van der Waals surface area contributed by atoms with Crippen molar-refractivity contribution < 1.29 is 118 Å². The summed E-state index contributed by atoms with van der Waals surface area (Å²) in [4.78, 5) is 72.8. The van der Waals surface area contributed by atoms with Crippen LogP contribution in [0, 0.1) is 21.3 Å². The predicted octanol–water partition coefficient (Wildman–Crippen LogP) is 13.7. The molecule has 0 aliphatic carbocycles. The van der Waals surface area contributed by atoms with Crippen LogP contribution < -0.4 is 60.8 Å². The number of aliphatic carboxylic acids is 1. The molecule has 10 rings (SSSR count). The van der Waals surface area contributed by atoms with Crippen molar-refractivity contribution in [2.75, 3.05) is 132 Å². The van der Waals surface area contributed by atoms with Crippen molar-refractivity contribution >= 4 is 168 Å². The Kier molecular flexibility index (Phi) is 44.6. The summed E-state index contributed by atoms with van der Waals surface area (Å²) in [6.07, 6.45) is -10.7. The number of ether oxygens (including phenoxy) is 6. The number of piperazine rings is 4. The number of Topliss-reactive ketones (excluding diaryl/α,β-unsaturated/α-hetero) is 1. The summed E-state index contributed by atoms with van der Waals surface area (Å²) in [5, 5.41) is 49.3. The standard InChI is InChI=1S/C20H21Cl2F3N4O3.2C18H25ClN2O4.C13H19ClN2O2.C7H6ClF3N2O2.CH2Cl2.CH3.BrH.Mg.H2/c1-11-18(22)19(20(23,24)25)26-29(11)10-17(31)28-7-6-27(9-15(28)12(2)30)13-4-5-14(21)16(8-13)32-3;2*1-12(22)15-11-20(13-6-7-14(19)16(10-13)24-5)8-9-21(15)17(23)25-18(2,3)4;1-9(17)12-8-16(6-5-15-12)10-3-4-11(14)13(7-10)18-2;1-3-5(8)6(7(9,10)11)12-13(3)2-4(14)15;2-1-3;;;;/h4-5,8,15,30H,2,6-7,9-10H2,1,3H3;6-7,10,15H,8-9,11H2,1-5H3;6-7,10,15,22H,1,8-9,11H2,2-5H3;3-4,7,9,12,15,17H,5-6,8H2,1-2H3;2H2,1H3,(H,14,15);1H2;1H3;1H;;1H/q;;;;;;-1;;+2;/p-1/t;15-;;;;;;;;/m.1......../s1. The molecule has 4 fully saturated rings. The number of carbonyl (C=O) groups is 5. The Morgan fingerprint density at radius 2 is 0.826 bits per heavy atom. The van der Waals surface area contributed by atoms with Gasteiger partial charge in [-0.05, 0) is 118 Å². The maximum Gasteiger partial charge on any atom is 2.00 e. The fraction of sp³-hybridized carbons (Fsp3) is 0.487. The van der Waals surface area contributed by atoms with Gasteiger partial charge in [-0.25, -0.2) is 9.59 Å². The van der Waals surface area contributed by atoms with Crippen molar-refractivity contribution in [1.29, 1.82) is 0 Å². The molecule has 6 aromatic rings. The van der Waals surface area contributed by atoms with E-state index in [1.54, 1.807) is 51.7 Å². The van der Waals surface area contributed by atoms with Gasteiger partial charge in [-0.3, -0.25) is 33.5 Å². The van der Waals surface area contributed by atoms with E-state index in [2.05, 4.69) is 33.6 Å². The third-order valence-corrected chi connectivity index (χ3v) is 20.3. The number of carboxylic acids is 1. The molecular formula is C78H103BrCl8F6MgN12O15. The van der Waals surface area contributed by atoms with Crippen LogP contribution in [0.2, 0.25) is 30.1 Å². The maximum atomic E-state index is 13.1. The number of halogens is 15. The van der Waals surface area contributed by atoms with Crippen LogP contribution in [0.3, 0.4) is 0 Å². The second kappa shape index (κ2) is 49.0. The topological polar surface area (TPSA) is 292 Å². The molecule has 0 bridgehead atoms. The number of aromatic nitrogens is 4. The number of nitrogens with zero attached hydrogens (tertiary/aromatic N) is 11. The van der Waals surface area contributed by atoms with E-state index >= 15 is 0 Å². The van der Waals surface area contributed by atoms with Gasteiger partial charge in [0.15, 0.2) is 17.2 Å². The number of hydrogen-bond donors (Lipinski definition) is 5. The number of methoxy groups -OCH3 is 4. The van der Waals surface area contributed by atoms with Gasteiger partial charge in [0.2, 0.25) is 5.91 Å². The van der Waals surface area contributed by atoms with Crippen molar-refractivity contribution in [2.45, 2.75) is 136 Å². The minimum atomic E-state index is -4.73. The zero-order valence-electron chi connectivity index (χ0n) is 69.4. The van der Waals surface area contributed by atoms with Crippen LogP contribution >= 0.6 is 92.8 Å². The summed E-state index contributed by atoms with van der Waals surface area (Å²) in [6, 6.07) is 20.1. The second-order valence-corrected chi connectivity index (χ2v) is 31.9. The number of aliphatic hydroxyl groups excluding tert-OH is 3. The Balaban J connectivity index is 0.000000765. The number of carbonyl (C=O) groups excluding carboxylic acids is 4. The molecule has 27 nitrogen and oxygen atoms in total. The molecule has 672 valence electrons. The Morgan fingerprint density at radius 1 is 0.529 bits per heavy atom. The molecule has 2 aromatic heterocycles. The summed E-state index contributed by atoms with van der Waals surface area (Å²) >= 11 is 44.9. The van der Waals surface area contributed by atoms with Crippen LogP contribution in [-0.4, -0.2) is 261 Å². The molecule has 4 aromatic carbocycles. The van der Waals surface area contributed by atoms with E-state index in [0.717, 1.165) is 47.1 Å². The summed E-state index contributed by atoms with van der Waals surface area (Å²) in [5.41, 5.74) is -0.0507. The van der Waals surface area contributed by atoms with E-state index in [1.165, 1.54) is 42.6 Å². The van der Waals surface area contributed by atoms with E-state index < -0.39 is 100 Å². The van der Waals surface area contributed by atoms with Gasteiger partial charge in [-0.1, -0.05) is 82.8 Å². The van der Waals surface area contributed by atoms with Crippen LogP contribution in [-0.2, 0) is 49.3 Å². The fourth-order valence-corrected chi connectivity index (χ4v) is 13.4. The molecule has 121 heavy (non-hydrogen) atoms. The van der Waals surface area contributed by atoms with Gasteiger partial charge in [0.1, 0.15) is 76.9 Å². The van der Waals surface area contributed by atoms with Crippen molar-refractivity contribution in [3.05, 3.63) is 158 Å². The number of aliphatic hydroxyl groups is 3. The summed E-state index contributed by atoms with van der Waals surface area (Å²) < 4.78 is 109. The van der Waals surface area contributed by atoms with Crippen LogP contribution in [0.4, 0.5) is 58.7 Å². The minimum Gasteiger partial charge on any atom is -1.00 e. The SMILES string of the molecule is C=C(O)C1CN(c2ccc(Cl)c(OC)c2)CCN1C(=O)Cn1nc(C(F)(F)F)c(Cl)c1C.C=C(O)C1CN(c2ccc(Cl)c(OC)c2)CCN1C(=O)OC(C)(C)C.COc1cc(N2CCN(C(=O)OC(C)(C)C)[C@@H](C(C)=O)C2)ccc1Cl.COc1cc(N2CCNC(C(C)O)C2)ccc1Cl.Cc1c(Cl)c(C(F)(F)F)nn1CC(=O)O.ClCCl.[Br-].[CH3-].[HH].[Mg+2]. The first-order valence-electron chi connectivity index (χ1n) is 36.2. The minimum absolute atomic E-state index is 0. The van der Waals surface area contributed by atoms with Gasteiger partial charge in [0.05, 0.1) is 87.4 Å². The fourth-order valence-electron chi connectivity index (χ4n) is 12.1. The zero-order valence-corrected chi connectivity index (χ0v) is 78.5. The Morgan fingerprint density at radius 3 is 1.11 bits per heavy atom. The molecule has 0 spiro atoms. The van der Waals surface area contributed by atoms with E-state index in [0.29, 0.717) is 93.6 Å². The van der Waals surface area contributed by atoms with E-state index in [9.17, 15) is 65.6 Å². The van der Waals surface area contributed by atoms with Gasteiger partial charge in [-0.2, -0.15) is 36.5 Å². The predicted molar refractivity (Wildman–Crippen MR) is 460 cm³/mol. The molecule has 0 saturated carbocycles. The van der Waals surface area contributed by atoms with Gasteiger partial charge in [-0.15, -0.1) is 23.2 Å². The Labute approximate surface area is 768 Å². The molecule has 4 aliphatic rings. The van der Waals surface area contributed by atoms with E-state index in [1.807, 2.05) is 106 Å². The number of alkyl halides is 8. The molecule has 4 saturated heterocycles. The van der Waals surface area contributed by atoms with Crippen LogP contribution in [0.15, 0.2) is 97.5 Å². The average molecular weight is 1950 g/mol. The number of amides is 3. The molecule has 3 amide bonds. The van der Waals surface area contributed by atoms with Gasteiger partial charge in [0, 0.05) is 127 Å². The van der Waals surface area contributed by atoms with Crippen LogP contribution in [0.5, 0.6) is 23.0 Å². The molecule has 43 heteroatoms. The molecule has 4 unspecified atom stereocenters. The first-order valence-corrected chi connectivity index (χ1v) is 39.5. The van der Waals surface area contributed by atoms with Crippen LogP contribution in [0.25, 0.3) is 0 Å². The summed E-state index contributed by atoms with van der Waals surface area (Å²) in [7, 11) is 6.22. The molecule has 5 N–H and O–H groups in total. The third-order valence-electron chi connectivity index (χ3n) is 18.1. The van der Waals surface area contributed by atoms with Crippen LogP contribution in [0.1, 0.15) is 79.6 Å². The first-order chi connectivity index (χ1) is 54.9. The Hall–Kier alpha value is -7.00. The van der Waals surface area contributed by atoms with Gasteiger partial charge in [0.25, 0.3) is 0 Å². The molecule has 5 atom stereocenters. The number of rotatable bonds is 16. The number of ketones is 1. The quantitative estimate of drug-likeness (QED) is 0.0198. The maximum absolute atomic E-state index is 13.1. The number of carboxylic acid groups (broad SMARTS) is 1.